The Morgan fingerprint density at radius 3 is 2.53 bits per heavy atom. The van der Waals surface area contributed by atoms with Crippen molar-refractivity contribution in [3.8, 4) is 11.3 Å². The molecule has 1 fully saturated rings. The zero-order chi connectivity index (χ0) is 11.7. The lowest BCUT2D eigenvalue weighted by Crippen LogP contribution is -2.14. The fourth-order valence-corrected chi connectivity index (χ4v) is 2.47. The number of aromatic amines is 1. The van der Waals surface area contributed by atoms with Gasteiger partial charge in [0.2, 0.25) is 0 Å². The van der Waals surface area contributed by atoms with Crippen LogP contribution in [0.1, 0.15) is 24.7 Å². The van der Waals surface area contributed by atoms with Gasteiger partial charge >= 0.3 is 0 Å². The van der Waals surface area contributed by atoms with Gasteiger partial charge in [-0.25, -0.2) is 4.98 Å². The molecule has 3 nitrogen and oxygen atoms in total. The molecule has 1 aliphatic heterocycles. The van der Waals surface area contributed by atoms with E-state index in [1.165, 1.54) is 18.4 Å². The van der Waals surface area contributed by atoms with E-state index in [0.717, 1.165) is 22.5 Å². The SMILES string of the molecule is Brc1ccc(-c2cnc(C3CCCN3)[nH]2)cc1.Cl.Cl. The van der Waals surface area contributed by atoms with Crippen molar-refractivity contribution in [2.24, 2.45) is 0 Å². The standard InChI is InChI=1S/C13H14BrN3.2ClH/c14-10-5-3-9(4-6-10)12-8-16-13(17-12)11-2-1-7-15-11;;/h3-6,8,11,15H,1-2,7H2,(H,16,17);2*1H. The molecule has 0 amide bonds. The predicted molar refractivity (Wildman–Crippen MR) is 86.2 cm³/mol. The van der Waals surface area contributed by atoms with Crippen LogP contribution in [0.25, 0.3) is 11.3 Å². The number of aromatic nitrogens is 2. The molecule has 1 aromatic heterocycles. The lowest BCUT2D eigenvalue weighted by molar-refractivity contribution is 0.613. The fraction of sp³-hybridized carbons (Fsp3) is 0.308. The van der Waals surface area contributed by atoms with Crippen LogP contribution in [-0.2, 0) is 0 Å². The molecule has 3 rings (SSSR count). The maximum absolute atomic E-state index is 4.47. The van der Waals surface area contributed by atoms with E-state index in [1.54, 1.807) is 0 Å². The van der Waals surface area contributed by atoms with Crippen LogP contribution in [0.15, 0.2) is 34.9 Å². The van der Waals surface area contributed by atoms with Gasteiger partial charge in [-0.05, 0) is 37.1 Å². The van der Waals surface area contributed by atoms with Gasteiger partial charge in [0.05, 0.1) is 17.9 Å². The Balaban J connectivity index is 0.000000902. The van der Waals surface area contributed by atoms with E-state index in [-0.39, 0.29) is 24.8 Å². The highest BCUT2D eigenvalue weighted by Gasteiger charge is 2.19. The van der Waals surface area contributed by atoms with E-state index in [4.69, 9.17) is 0 Å². The molecule has 104 valence electrons. The number of imidazole rings is 1. The molecule has 0 radical (unpaired) electrons. The quantitative estimate of drug-likeness (QED) is 0.841. The van der Waals surface area contributed by atoms with E-state index in [2.05, 4.69) is 43.3 Å². The molecule has 1 aliphatic rings. The molecule has 1 saturated heterocycles. The molecular formula is C13H16BrCl2N3. The van der Waals surface area contributed by atoms with Crippen LogP contribution in [0, 0.1) is 0 Å². The summed E-state index contributed by atoms with van der Waals surface area (Å²) in [6.07, 6.45) is 4.32. The summed E-state index contributed by atoms with van der Waals surface area (Å²) < 4.78 is 1.10. The molecule has 0 bridgehead atoms. The molecule has 19 heavy (non-hydrogen) atoms. The molecule has 1 aromatic carbocycles. The molecule has 2 heterocycles. The Labute approximate surface area is 133 Å². The van der Waals surface area contributed by atoms with Crippen LogP contribution in [0.5, 0.6) is 0 Å². The monoisotopic (exact) mass is 363 g/mol. The third kappa shape index (κ3) is 3.72. The van der Waals surface area contributed by atoms with Crippen LogP contribution in [-0.4, -0.2) is 16.5 Å². The van der Waals surface area contributed by atoms with E-state index in [1.807, 2.05) is 18.3 Å². The van der Waals surface area contributed by atoms with Crippen molar-refractivity contribution in [3.05, 3.63) is 40.8 Å². The van der Waals surface area contributed by atoms with Crippen molar-refractivity contribution in [2.45, 2.75) is 18.9 Å². The Morgan fingerprint density at radius 2 is 1.89 bits per heavy atom. The molecule has 0 spiro atoms. The molecule has 2 aromatic rings. The third-order valence-corrected chi connectivity index (χ3v) is 3.67. The lowest BCUT2D eigenvalue weighted by Gasteiger charge is -2.05. The highest BCUT2D eigenvalue weighted by Crippen LogP contribution is 2.24. The Morgan fingerprint density at radius 1 is 1.16 bits per heavy atom. The van der Waals surface area contributed by atoms with Crippen molar-refractivity contribution in [3.63, 3.8) is 0 Å². The van der Waals surface area contributed by atoms with Crippen LogP contribution in [0.2, 0.25) is 0 Å². The summed E-state index contributed by atoms with van der Waals surface area (Å²) in [7, 11) is 0. The van der Waals surface area contributed by atoms with Crippen molar-refractivity contribution >= 4 is 40.7 Å². The summed E-state index contributed by atoms with van der Waals surface area (Å²) >= 11 is 3.44. The number of hydrogen-bond donors (Lipinski definition) is 2. The predicted octanol–water partition coefficient (Wildman–Crippen LogP) is 4.11. The lowest BCUT2D eigenvalue weighted by atomic mass is 10.2. The van der Waals surface area contributed by atoms with E-state index in [9.17, 15) is 0 Å². The molecule has 6 heteroatoms. The summed E-state index contributed by atoms with van der Waals surface area (Å²) in [5.41, 5.74) is 2.26. The Bertz CT molecular complexity index is 507. The van der Waals surface area contributed by atoms with Gasteiger partial charge in [-0.15, -0.1) is 24.8 Å². The normalized spacial score (nSPS) is 17.6. The number of nitrogens with one attached hydrogen (secondary N) is 2. The van der Waals surface area contributed by atoms with Gasteiger partial charge in [-0.1, -0.05) is 28.1 Å². The second-order valence-corrected chi connectivity index (χ2v) is 5.25. The summed E-state index contributed by atoms with van der Waals surface area (Å²) in [5.74, 6) is 1.06. The summed E-state index contributed by atoms with van der Waals surface area (Å²) in [5, 5.41) is 3.45. The highest BCUT2D eigenvalue weighted by molar-refractivity contribution is 9.10. The largest absolute Gasteiger partial charge is 0.341 e. The van der Waals surface area contributed by atoms with Gasteiger partial charge in [-0.2, -0.15) is 0 Å². The Kier molecular flexibility index (Phi) is 6.33. The molecule has 2 N–H and O–H groups in total. The second-order valence-electron chi connectivity index (χ2n) is 4.34. The number of hydrogen-bond acceptors (Lipinski definition) is 2. The van der Waals surface area contributed by atoms with Gasteiger partial charge in [0.15, 0.2) is 0 Å². The van der Waals surface area contributed by atoms with Crippen LogP contribution in [0.4, 0.5) is 0 Å². The maximum Gasteiger partial charge on any atom is 0.123 e. The average molecular weight is 365 g/mol. The number of rotatable bonds is 2. The molecule has 1 unspecified atom stereocenters. The van der Waals surface area contributed by atoms with Gasteiger partial charge in [0.1, 0.15) is 5.82 Å². The fourth-order valence-electron chi connectivity index (χ4n) is 2.21. The maximum atomic E-state index is 4.47. The van der Waals surface area contributed by atoms with Gasteiger partial charge in [0.25, 0.3) is 0 Å². The first-order valence-electron chi connectivity index (χ1n) is 5.87. The third-order valence-electron chi connectivity index (χ3n) is 3.14. The average Bonchev–Trinajstić information content (AvgIpc) is 3.00. The van der Waals surface area contributed by atoms with E-state index < -0.39 is 0 Å². The van der Waals surface area contributed by atoms with Crippen molar-refractivity contribution in [1.29, 1.82) is 0 Å². The second kappa shape index (κ2) is 7.29. The van der Waals surface area contributed by atoms with Crippen LogP contribution >= 0.6 is 40.7 Å². The van der Waals surface area contributed by atoms with Gasteiger partial charge in [-0.3, -0.25) is 0 Å². The van der Waals surface area contributed by atoms with Gasteiger partial charge < -0.3 is 10.3 Å². The summed E-state index contributed by atoms with van der Waals surface area (Å²) in [6.45, 7) is 1.10. The van der Waals surface area contributed by atoms with E-state index in [0.29, 0.717) is 6.04 Å². The molecule has 1 atom stereocenters. The summed E-state index contributed by atoms with van der Waals surface area (Å²) in [6, 6.07) is 8.67. The number of benzene rings is 1. The van der Waals surface area contributed by atoms with Gasteiger partial charge in [0, 0.05) is 4.47 Å². The zero-order valence-corrected chi connectivity index (χ0v) is 13.4. The highest BCUT2D eigenvalue weighted by atomic mass is 79.9. The van der Waals surface area contributed by atoms with Crippen molar-refractivity contribution in [1.82, 2.24) is 15.3 Å². The molecular weight excluding hydrogens is 349 g/mol. The minimum Gasteiger partial charge on any atom is -0.341 e. The first-order valence-corrected chi connectivity index (χ1v) is 6.66. The first-order chi connectivity index (χ1) is 8.33. The molecule has 0 aliphatic carbocycles. The van der Waals surface area contributed by atoms with E-state index >= 15 is 0 Å². The van der Waals surface area contributed by atoms with Crippen LogP contribution in [0.3, 0.4) is 0 Å². The number of H-pyrrole nitrogens is 1. The smallest absolute Gasteiger partial charge is 0.123 e. The first kappa shape index (κ1) is 16.5. The van der Waals surface area contributed by atoms with Crippen molar-refractivity contribution in [2.75, 3.05) is 6.54 Å². The molecule has 0 saturated carbocycles. The topological polar surface area (TPSA) is 40.7 Å². The van der Waals surface area contributed by atoms with Crippen molar-refractivity contribution < 1.29 is 0 Å². The zero-order valence-electron chi connectivity index (χ0n) is 10.2. The minimum absolute atomic E-state index is 0. The summed E-state index contributed by atoms with van der Waals surface area (Å²) in [4.78, 5) is 7.87. The number of halogens is 3. The minimum atomic E-state index is 0. The Hall–Kier alpha value is -0.550. The number of nitrogens with zero attached hydrogens (tertiary/aromatic N) is 1. The van der Waals surface area contributed by atoms with Crippen LogP contribution < -0.4 is 5.32 Å².